The van der Waals surface area contributed by atoms with Gasteiger partial charge in [-0.2, -0.15) is 13.2 Å². The molecule has 0 N–H and O–H groups in total. The molecule has 13 heteroatoms. The SMILES string of the molecule is O=[N+]([O-])c1c(C(F)(F)F)cc(S(=O)(=O)Cl)nc1C(F)F. The van der Waals surface area contributed by atoms with Crippen LogP contribution < -0.4 is 0 Å². The van der Waals surface area contributed by atoms with Crippen LogP contribution >= 0.6 is 10.7 Å². The summed E-state index contributed by atoms with van der Waals surface area (Å²) in [5.41, 5.74) is -6.12. The van der Waals surface area contributed by atoms with Crippen LogP contribution in [0.4, 0.5) is 27.6 Å². The number of hydrogen-bond donors (Lipinski definition) is 0. The van der Waals surface area contributed by atoms with Crippen molar-refractivity contribution in [3.05, 3.63) is 27.4 Å². The van der Waals surface area contributed by atoms with Crippen LogP contribution in [0, 0.1) is 10.1 Å². The summed E-state index contributed by atoms with van der Waals surface area (Å²) in [4.78, 5) is 11.4. The first-order chi connectivity index (χ1) is 8.85. The second kappa shape index (κ2) is 5.09. The van der Waals surface area contributed by atoms with Gasteiger partial charge in [0.05, 0.1) is 4.92 Å². The molecule has 0 fully saturated rings. The van der Waals surface area contributed by atoms with Crippen molar-refractivity contribution in [1.29, 1.82) is 0 Å². The maximum Gasteiger partial charge on any atom is 0.423 e. The Labute approximate surface area is 111 Å². The molecule has 0 radical (unpaired) electrons. The van der Waals surface area contributed by atoms with Gasteiger partial charge in [-0.25, -0.2) is 22.2 Å². The summed E-state index contributed by atoms with van der Waals surface area (Å²) in [6.45, 7) is 0. The molecule has 0 saturated carbocycles. The van der Waals surface area contributed by atoms with Gasteiger partial charge in [0.15, 0.2) is 10.7 Å². The average Bonchev–Trinajstić information content (AvgIpc) is 2.24. The van der Waals surface area contributed by atoms with Crippen molar-refractivity contribution in [3.8, 4) is 0 Å². The van der Waals surface area contributed by atoms with Crippen LogP contribution in [0.2, 0.25) is 0 Å². The van der Waals surface area contributed by atoms with Gasteiger partial charge in [0.2, 0.25) is 0 Å². The molecule has 0 aliphatic heterocycles. The molecule has 0 aliphatic rings. The standard InChI is InChI=1S/C7H2ClF5N2O4S/c8-20(18,19)3-1-2(7(11,12)13)5(15(16)17)4(14-3)6(9)10/h1,6H. The molecule has 1 rings (SSSR count). The second-order valence-electron chi connectivity index (χ2n) is 3.24. The van der Waals surface area contributed by atoms with Crippen LogP contribution in [0.5, 0.6) is 0 Å². The predicted octanol–water partition coefficient (Wildman–Crippen LogP) is 2.87. The Morgan fingerprint density at radius 2 is 1.85 bits per heavy atom. The first-order valence-electron chi connectivity index (χ1n) is 4.35. The van der Waals surface area contributed by atoms with E-state index in [4.69, 9.17) is 10.7 Å². The number of pyridine rings is 1. The zero-order chi connectivity index (χ0) is 15.9. The summed E-state index contributed by atoms with van der Waals surface area (Å²) in [6.07, 6.45) is -9.24. The van der Waals surface area contributed by atoms with Crippen LogP contribution in [0.1, 0.15) is 17.7 Å². The first kappa shape index (κ1) is 16.5. The molecule has 0 amide bonds. The minimum Gasteiger partial charge on any atom is -0.258 e. The van der Waals surface area contributed by atoms with Crippen molar-refractivity contribution < 1.29 is 35.3 Å². The topological polar surface area (TPSA) is 90.2 Å². The Hall–Kier alpha value is -1.56. The second-order valence-corrected chi connectivity index (χ2v) is 5.75. The molecule has 20 heavy (non-hydrogen) atoms. The molecule has 0 atom stereocenters. The molecule has 1 aromatic heterocycles. The highest BCUT2D eigenvalue weighted by Gasteiger charge is 2.43. The predicted molar refractivity (Wildman–Crippen MR) is 53.9 cm³/mol. The van der Waals surface area contributed by atoms with Crippen molar-refractivity contribution in [1.82, 2.24) is 4.98 Å². The Morgan fingerprint density at radius 3 is 2.15 bits per heavy atom. The van der Waals surface area contributed by atoms with E-state index in [2.05, 4.69) is 4.98 Å². The number of nitrogens with zero attached hydrogens (tertiary/aromatic N) is 2. The molecule has 0 bridgehead atoms. The van der Waals surface area contributed by atoms with E-state index in [-0.39, 0.29) is 6.07 Å². The number of nitro groups is 1. The van der Waals surface area contributed by atoms with Crippen LogP contribution in [0.25, 0.3) is 0 Å². The maximum atomic E-state index is 12.6. The van der Waals surface area contributed by atoms with Crippen molar-refractivity contribution in [2.24, 2.45) is 0 Å². The fourth-order valence-corrected chi connectivity index (χ4v) is 1.92. The van der Waals surface area contributed by atoms with Crippen molar-refractivity contribution in [2.75, 3.05) is 0 Å². The monoisotopic (exact) mass is 340 g/mol. The molecular formula is C7H2ClF5N2O4S. The number of alkyl halides is 5. The van der Waals surface area contributed by atoms with Gasteiger partial charge < -0.3 is 0 Å². The summed E-state index contributed by atoms with van der Waals surface area (Å²) in [5, 5.41) is 8.96. The van der Waals surface area contributed by atoms with Gasteiger partial charge in [0.1, 0.15) is 5.56 Å². The van der Waals surface area contributed by atoms with Crippen LogP contribution in [0.3, 0.4) is 0 Å². The van der Waals surface area contributed by atoms with E-state index in [1.165, 1.54) is 0 Å². The molecule has 0 aliphatic carbocycles. The minimum atomic E-state index is -5.44. The quantitative estimate of drug-likeness (QED) is 0.365. The van der Waals surface area contributed by atoms with E-state index in [0.717, 1.165) is 0 Å². The van der Waals surface area contributed by atoms with Crippen molar-refractivity contribution >= 4 is 25.4 Å². The summed E-state index contributed by atoms with van der Waals surface area (Å²) in [6, 6.07) is -0.271. The van der Waals surface area contributed by atoms with Crippen molar-refractivity contribution in [3.63, 3.8) is 0 Å². The summed E-state index contributed by atoms with van der Waals surface area (Å²) >= 11 is 0. The summed E-state index contributed by atoms with van der Waals surface area (Å²) in [5.74, 6) is 0. The van der Waals surface area contributed by atoms with Gasteiger partial charge in [-0.15, -0.1) is 0 Å². The van der Waals surface area contributed by atoms with Gasteiger partial charge in [0, 0.05) is 10.7 Å². The fourth-order valence-electron chi connectivity index (χ4n) is 1.22. The summed E-state index contributed by atoms with van der Waals surface area (Å²) < 4.78 is 84.7. The molecule has 0 aromatic carbocycles. The molecule has 1 aromatic rings. The first-order valence-corrected chi connectivity index (χ1v) is 6.66. The van der Waals surface area contributed by atoms with Gasteiger partial charge in [0.25, 0.3) is 15.5 Å². The van der Waals surface area contributed by atoms with E-state index < -0.39 is 48.5 Å². The maximum absolute atomic E-state index is 12.6. The highest BCUT2D eigenvalue weighted by Crippen LogP contribution is 2.41. The van der Waals surface area contributed by atoms with E-state index >= 15 is 0 Å². The summed E-state index contributed by atoms with van der Waals surface area (Å²) in [7, 11) is -0.162. The number of halogens is 6. The lowest BCUT2D eigenvalue weighted by molar-refractivity contribution is -0.389. The third kappa shape index (κ3) is 3.30. The number of rotatable bonds is 3. The lowest BCUT2D eigenvalue weighted by Crippen LogP contribution is -2.14. The Bertz CT molecular complexity index is 660. The van der Waals surface area contributed by atoms with Gasteiger partial charge in [-0.3, -0.25) is 10.1 Å². The molecule has 0 saturated heterocycles. The van der Waals surface area contributed by atoms with E-state index in [0.29, 0.717) is 0 Å². The highest BCUT2D eigenvalue weighted by molar-refractivity contribution is 8.13. The zero-order valence-corrected chi connectivity index (χ0v) is 10.4. The normalized spacial score (nSPS) is 12.8. The molecule has 0 unspecified atom stereocenters. The lowest BCUT2D eigenvalue weighted by Gasteiger charge is -2.11. The third-order valence-electron chi connectivity index (χ3n) is 1.94. The van der Waals surface area contributed by atoms with Crippen molar-refractivity contribution in [2.45, 2.75) is 17.6 Å². The highest BCUT2D eigenvalue weighted by atomic mass is 35.7. The molecule has 0 spiro atoms. The van der Waals surface area contributed by atoms with Gasteiger partial charge in [-0.1, -0.05) is 0 Å². The lowest BCUT2D eigenvalue weighted by atomic mass is 10.1. The Kier molecular flexibility index (Phi) is 4.20. The van der Waals surface area contributed by atoms with E-state index in [1.54, 1.807) is 0 Å². The Balaban J connectivity index is 3.88. The molecule has 112 valence electrons. The number of hydrogen-bond acceptors (Lipinski definition) is 5. The van der Waals surface area contributed by atoms with Gasteiger partial charge in [-0.05, 0) is 6.07 Å². The Morgan fingerprint density at radius 1 is 1.35 bits per heavy atom. The van der Waals surface area contributed by atoms with E-state index in [1.807, 2.05) is 0 Å². The molecular weight excluding hydrogens is 339 g/mol. The average molecular weight is 341 g/mol. The van der Waals surface area contributed by atoms with Crippen LogP contribution in [-0.2, 0) is 15.2 Å². The van der Waals surface area contributed by atoms with Gasteiger partial charge >= 0.3 is 11.9 Å². The smallest absolute Gasteiger partial charge is 0.258 e. The fraction of sp³-hybridized carbons (Fsp3) is 0.286. The largest absolute Gasteiger partial charge is 0.423 e. The number of aromatic nitrogens is 1. The zero-order valence-electron chi connectivity index (χ0n) is 8.86. The third-order valence-corrected chi connectivity index (χ3v) is 3.12. The van der Waals surface area contributed by atoms with Crippen LogP contribution in [-0.4, -0.2) is 18.3 Å². The molecule has 6 nitrogen and oxygen atoms in total. The minimum absolute atomic E-state index is 0.271. The molecule has 1 heterocycles. The van der Waals surface area contributed by atoms with E-state index in [9.17, 15) is 40.5 Å². The van der Waals surface area contributed by atoms with Crippen LogP contribution in [0.15, 0.2) is 11.1 Å².